The maximum Gasteiger partial charge on any atom is 0.307 e. The van der Waals surface area contributed by atoms with E-state index in [2.05, 4.69) is 9.97 Å². The minimum absolute atomic E-state index is 0.00208. The number of nitrogens with two attached hydrogens (primary N) is 1. The normalized spacial score (nSPS) is 20.9. The van der Waals surface area contributed by atoms with Crippen LogP contribution < -0.4 is 10.6 Å². The molecule has 2 heterocycles. The lowest BCUT2D eigenvalue weighted by Crippen LogP contribution is -2.28. The number of carbonyl (C=O) groups excluding carboxylic acids is 1. The quantitative estimate of drug-likeness (QED) is 0.716. The molecule has 0 bridgehead atoms. The van der Waals surface area contributed by atoms with E-state index < -0.39 is 27.8 Å². The van der Waals surface area contributed by atoms with Crippen molar-refractivity contribution in [1.29, 1.82) is 0 Å². The molecule has 1 aliphatic rings. The molecule has 0 saturated carbocycles. The van der Waals surface area contributed by atoms with Crippen molar-refractivity contribution < 1.29 is 17.1 Å². The van der Waals surface area contributed by atoms with Crippen molar-refractivity contribution in [2.24, 2.45) is 0 Å². The van der Waals surface area contributed by atoms with Crippen molar-refractivity contribution in [2.45, 2.75) is 11.7 Å². The maximum absolute atomic E-state index is 12.8. The maximum atomic E-state index is 12.8. The molecule has 1 amide bonds. The number of nitrogens with zero attached hydrogens (tertiary/aromatic N) is 3. The predicted molar refractivity (Wildman–Crippen MR) is 57.2 cm³/mol. The van der Waals surface area contributed by atoms with Crippen LogP contribution in [0.2, 0.25) is 0 Å². The zero-order valence-electron chi connectivity index (χ0n) is 8.58. The lowest BCUT2D eigenvalue weighted by molar-refractivity contribution is -0.117. The van der Waals surface area contributed by atoms with E-state index in [4.69, 9.17) is 5.73 Å². The molecule has 1 atom stereocenters. The number of rotatable bonds is 2. The average molecular weight is 260 g/mol. The molecule has 0 aromatic carbocycles. The van der Waals surface area contributed by atoms with Gasteiger partial charge in [0.25, 0.3) is 0 Å². The Morgan fingerprint density at radius 3 is 2.59 bits per heavy atom. The molecular weight excluding hydrogens is 251 g/mol. The van der Waals surface area contributed by atoms with Gasteiger partial charge in [-0.15, -0.1) is 3.89 Å². The second-order valence-corrected chi connectivity index (χ2v) is 5.19. The smallest absolute Gasteiger partial charge is 0.307 e. The highest BCUT2D eigenvalue weighted by molar-refractivity contribution is 7.87. The topological polar surface area (TPSA) is 106 Å². The molecule has 7 nitrogen and oxygen atoms in total. The van der Waals surface area contributed by atoms with Gasteiger partial charge >= 0.3 is 10.2 Å². The van der Waals surface area contributed by atoms with Crippen molar-refractivity contribution in [3.63, 3.8) is 0 Å². The second-order valence-electron chi connectivity index (χ2n) is 3.57. The lowest BCUT2D eigenvalue weighted by atomic mass is 10.4. The number of halogens is 1. The number of hydrogen-bond acceptors (Lipinski definition) is 6. The summed E-state index contributed by atoms with van der Waals surface area (Å²) in [6, 6.07) is 0. The second kappa shape index (κ2) is 3.91. The van der Waals surface area contributed by atoms with E-state index in [1.165, 1.54) is 12.4 Å². The fraction of sp³-hybridized carbons (Fsp3) is 0.375. The number of carbonyl (C=O) groups is 1. The summed E-state index contributed by atoms with van der Waals surface area (Å²) in [4.78, 5) is 20.1. The van der Waals surface area contributed by atoms with Crippen LogP contribution in [-0.4, -0.2) is 36.1 Å². The van der Waals surface area contributed by atoms with Crippen LogP contribution >= 0.6 is 0 Å². The summed E-state index contributed by atoms with van der Waals surface area (Å²) in [5, 5.41) is -1.36. The molecule has 1 aromatic rings. The largest absolute Gasteiger partial charge is 0.381 e. The molecule has 2 N–H and O–H groups in total. The van der Waals surface area contributed by atoms with Gasteiger partial charge in [0.2, 0.25) is 5.91 Å². The van der Waals surface area contributed by atoms with Gasteiger partial charge in [0.1, 0.15) is 5.25 Å². The zero-order chi connectivity index (χ0) is 12.6. The molecule has 2 rings (SSSR count). The molecule has 0 spiro atoms. The minimum atomic E-state index is -4.74. The summed E-state index contributed by atoms with van der Waals surface area (Å²) >= 11 is 0. The van der Waals surface area contributed by atoms with Gasteiger partial charge in [0.05, 0.1) is 0 Å². The first-order chi connectivity index (χ1) is 7.89. The van der Waals surface area contributed by atoms with Crippen molar-refractivity contribution >= 4 is 27.8 Å². The first kappa shape index (κ1) is 11.7. The van der Waals surface area contributed by atoms with E-state index in [1.807, 2.05) is 0 Å². The first-order valence-electron chi connectivity index (χ1n) is 4.70. The molecule has 1 aliphatic heterocycles. The summed E-state index contributed by atoms with van der Waals surface area (Å²) < 4.78 is 34.2. The van der Waals surface area contributed by atoms with Crippen LogP contribution in [0.25, 0.3) is 0 Å². The van der Waals surface area contributed by atoms with Gasteiger partial charge in [0, 0.05) is 25.4 Å². The molecule has 1 aromatic heterocycles. The van der Waals surface area contributed by atoms with Crippen molar-refractivity contribution in [3.8, 4) is 0 Å². The Balaban J connectivity index is 2.31. The molecular formula is C8H9FN4O3S. The van der Waals surface area contributed by atoms with E-state index in [9.17, 15) is 17.1 Å². The first-order valence-corrected chi connectivity index (χ1v) is 6.14. The van der Waals surface area contributed by atoms with Crippen LogP contribution in [0.15, 0.2) is 12.4 Å². The summed E-state index contributed by atoms with van der Waals surface area (Å²) in [6.45, 7) is -0.291. The average Bonchev–Trinajstić information content (AvgIpc) is 2.61. The highest BCUT2D eigenvalue weighted by Gasteiger charge is 2.40. The van der Waals surface area contributed by atoms with Gasteiger partial charge in [-0.3, -0.25) is 9.69 Å². The number of anilines is 2. The summed E-state index contributed by atoms with van der Waals surface area (Å²) in [6.07, 6.45) is 2.24. The molecule has 17 heavy (non-hydrogen) atoms. The van der Waals surface area contributed by atoms with Gasteiger partial charge in [-0.2, -0.15) is 8.42 Å². The SMILES string of the molecule is Nc1nccnc1N1CC(S(=O)(=O)F)CC1=O. The zero-order valence-corrected chi connectivity index (χ0v) is 9.39. The van der Waals surface area contributed by atoms with Crippen LogP contribution in [0.3, 0.4) is 0 Å². The molecule has 1 fully saturated rings. The van der Waals surface area contributed by atoms with Crippen LogP contribution in [0.1, 0.15) is 6.42 Å². The highest BCUT2D eigenvalue weighted by Crippen LogP contribution is 2.26. The number of aromatic nitrogens is 2. The molecule has 0 aliphatic carbocycles. The Morgan fingerprint density at radius 1 is 1.41 bits per heavy atom. The number of hydrogen-bond donors (Lipinski definition) is 1. The van der Waals surface area contributed by atoms with Gasteiger partial charge < -0.3 is 5.73 Å². The Hall–Kier alpha value is -1.77. The third-order valence-corrected chi connectivity index (χ3v) is 3.56. The summed E-state index contributed by atoms with van der Waals surface area (Å²) in [5.74, 6) is -0.482. The van der Waals surface area contributed by atoms with E-state index in [0.29, 0.717) is 0 Å². The lowest BCUT2D eigenvalue weighted by Gasteiger charge is -2.15. The Bertz CT molecular complexity index is 562. The van der Waals surface area contributed by atoms with E-state index in [1.54, 1.807) is 0 Å². The minimum Gasteiger partial charge on any atom is -0.381 e. The molecule has 92 valence electrons. The summed E-state index contributed by atoms with van der Waals surface area (Å²) in [7, 11) is -4.74. The fourth-order valence-corrected chi connectivity index (χ4v) is 2.29. The van der Waals surface area contributed by atoms with Gasteiger partial charge in [-0.1, -0.05) is 0 Å². The molecule has 9 heteroatoms. The number of amides is 1. The van der Waals surface area contributed by atoms with Gasteiger partial charge in [0.15, 0.2) is 11.6 Å². The van der Waals surface area contributed by atoms with Crippen LogP contribution in [0.4, 0.5) is 15.5 Å². The Morgan fingerprint density at radius 2 is 2.06 bits per heavy atom. The molecule has 1 saturated heterocycles. The van der Waals surface area contributed by atoms with Gasteiger partial charge in [-0.05, 0) is 0 Å². The predicted octanol–water partition coefficient (Wildman–Crippen LogP) is -0.537. The summed E-state index contributed by atoms with van der Waals surface area (Å²) in [5.41, 5.74) is 5.51. The van der Waals surface area contributed by atoms with Crippen molar-refractivity contribution in [1.82, 2.24) is 9.97 Å². The van der Waals surface area contributed by atoms with Crippen molar-refractivity contribution in [2.75, 3.05) is 17.2 Å². The fourth-order valence-electron chi connectivity index (χ4n) is 1.62. The monoisotopic (exact) mass is 260 g/mol. The third kappa shape index (κ3) is 2.18. The number of nitrogen functional groups attached to an aromatic ring is 1. The Kier molecular flexibility index (Phi) is 2.69. The Labute approximate surface area is 96.7 Å². The standard InChI is InChI=1S/C8H9FN4O3S/c9-17(15,16)5-3-6(14)13(4-5)8-7(10)11-1-2-12-8/h1-2,5H,3-4H2,(H2,10,11). The molecule has 0 radical (unpaired) electrons. The highest BCUT2D eigenvalue weighted by atomic mass is 32.3. The van der Waals surface area contributed by atoms with E-state index in [0.717, 1.165) is 4.90 Å². The van der Waals surface area contributed by atoms with E-state index >= 15 is 0 Å². The molecule has 1 unspecified atom stereocenters. The van der Waals surface area contributed by atoms with Crippen LogP contribution in [0, 0.1) is 0 Å². The van der Waals surface area contributed by atoms with E-state index in [-0.39, 0.29) is 18.2 Å². The van der Waals surface area contributed by atoms with Crippen LogP contribution in [-0.2, 0) is 15.0 Å². The van der Waals surface area contributed by atoms with Gasteiger partial charge in [-0.25, -0.2) is 9.97 Å². The third-order valence-electron chi connectivity index (χ3n) is 2.45. The van der Waals surface area contributed by atoms with Crippen LogP contribution in [0.5, 0.6) is 0 Å². The van der Waals surface area contributed by atoms with Crippen molar-refractivity contribution in [3.05, 3.63) is 12.4 Å².